The standard InChI is InChI=1S/C19H21ClF3N3O2.HI/c1-2-24-19(25-10-12-3-8-16(21)15(20)9-12)26-11-17(27)13-4-6-14(7-5-13)28-18(22)23;/h3-9,17-18,27H,2,10-11H2,1H3,(H2,24,25,26);1H. The monoisotopic (exact) mass is 543 g/mol. The molecule has 0 fully saturated rings. The molecule has 5 nitrogen and oxygen atoms in total. The Morgan fingerprint density at radius 3 is 2.45 bits per heavy atom. The second-order valence-electron chi connectivity index (χ2n) is 5.79. The lowest BCUT2D eigenvalue weighted by Gasteiger charge is -2.16. The van der Waals surface area contributed by atoms with E-state index in [1.807, 2.05) is 6.92 Å². The van der Waals surface area contributed by atoms with Gasteiger partial charge in [-0.05, 0) is 42.3 Å². The lowest BCUT2D eigenvalue weighted by atomic mass is 10.1. The molecule has 0 aliphatic rings. The molecule has 29 heavy (non-hydrogen) atoms. The van der Waals surface area contributed by atoms with Gasteiger partial charge in [0.05, 0.1) is 17.7 Å². The number of aliphatic hydroxyl groups excluding tert-OH is 1. The molecule has 2 rings (SSSR count). The molecule has 0 radical (unpaired) electrons. The lowest BCUT2D eigenvalue weighted by molar-refractivity contribution is -0.0498. The van der Waals surface area contributed by atoms with Crippen molar-refractivity contribution in [2.24, 2.45) is 4.99 Å². The number of benzene rings is 2. The summed E-state index contributed by atoms with van der Waals surface area (Å²) in [5.41, 5.74) is 1.27. The van der Waals surface area contributed by atoms with Crippen LogP contribution in [0, 0.1) is 5.82 Å². The summed E-state index contributed by atoms with van der Waals surface area (Å²) in [4.78, 5) is 4.37. The maximum absolute atomic E-state index is 13.2. The normalized spacial score (nSPS) is 12.3. The molecule has 0 bridgehead atoms. The first-order chi connectivity index (χ1) is 13.4. The van der Waals surface area contributed by atoms with Crippen LogP contribution >= 0.6 is 35.6 Å². The molecule has 0 heterocycles. The highest BCUT2D eigenvalue weighted by molar-refractivity contribution is 14.0. The summed E-state index contributed by atoms with van der Waals surface area (Å²) in [6.45, 7) is 0.0128. The average Bonchev–Trinajstić information content (AvgIpc) is 2.66. The molecule has 160 valence electrons. The topological polar surface area (TPSA) is 65.9 Å². The lowest BCUT2D eigenvalue weighted by Crippen LogP contribution is -2.39. The first kappa shape index (κ1) is 25.3. The van der Waals surface area contributed by atoms with Crippen LogP contribution in [0.5, 0.6) is 5.75 Å². The molecule has 0 saturated carbocycles. The Hall–Kier alpha value is -1.72. The number of nitrogens with one attached hydrogen (secondary N) is 2. The molecule has 0 amide bonds. The van der Waals surface area contributed by atoms with Gasteiger partial charge in [0.2, 0.25) is 0 Å². The largest absolute Gasteiger partial charge is 0.435 e. The van der Waals surface area contributed by atoms with Gasteiger partial charge in [0, 0.05) is 13.1 Å². The fourth-order valence-electron chi connectivity index (χ4n) is 2.33. The summed E-state index contributed by atoms with van der Waals surface area (Å²) in [6.07, 6.45) is -0.885. The quantitative estimate of drug-likeness (QED) is 0.261. The molecule has 1 unspecified atom stereocenters. The first-order valence-corrected chi connectivity index (χ1v) is 8.95. The van der Waals surface area contributed by atoms with Gasteiger partial charge in [0.15, 0.2) is 5.96 Å². The van der Waals surface area contributed by atoms with Crippen molar-refractivity contribution in [1.82, 2.24) is 10.6 Å². The molecule has 0 aliphatic heterocycles. The number of halogens is 5. The van der Waals surface area contributed by atoms with Gasteiger partial charge in [0.25, 0.3) is 0 Å². The van der Waals surface area contributed by atoms with Gasteiger partial charge in [-0.1, -0.05) is 29.8 Å². The summed E-state index contributed by atoms with van der Waals surface area (Å²) in [7, 11) is 0. The predicted octanol–water partition coefficient (Wildman–Crippen LogP) is 4.49. The highest BCUT2D eigenvalue weighted by Gasteiger charge is 2.10. The zero-order valence-electron chi connectivity index (χ0n) is 15.5. The Bertz CT molecular complexity index is 795. The van der Waals surface area contributed by atoms with E-state index < -0.39 is 18.5 Å². The van der Waals surface area contributed by atoms with Gasteiger partial charge in [0.1, 0.15) is 11.6 Å². The minimum atomic E-state index is -2.90. The van der Waals surface area contributed by atoms with Crippen molar-refractivity contribution in [3.05, 3.63) is 64.4 Å². The molecular formula is C19H22ClF3IN3O2. The summed E-state index contributed by atoms with van der Waals surface area (Å²) >= 11 is 5.76. The van der Waals surface area contributed by atoms with E-state index in [2.05, 4.69) is 20.4 Å². The van der Waals surface area contributed by atoms with E-state index in [9.17, 15) is 18.3 Å². The van der Waals surface area contributed by atoms with Crippen molar-refractivity contribution >= 4 is 41.5 Å². The SMILES string of the molecule is CCNC(=NCc1ccc(F)c(Cl)c1)NCC(O)c1ccc(OC(F)F)cc1.I. The molecule has 3 N–H and O–H groups in total. The van der Waals surface area contributed by atoms with Crippen LogP contribution < -0.4 is 15.4 Å². The zero-order valence-corrected chi connectivity index (χ0v) is 18.6. The molecular weight excluding hydrogens is 522 g/mol. The third kappa shape index (κ3) is 8.67. The van der Waals surface area contributed by atoms with E-state index >= 15 is 0 Å². The minimum Gasteiger partial charge on any atom is -0.435 e. The number of nitrogens with zero attached hydrogens (tertiary/aromatic N) is 1. The molecule has 10 heteroatoms. The summed E-state index contributed by atoms with van der Waals surface area (Å²) in [5, 5.41) is 16.3. The van der Waals surface area contributed by atoms with Crippen LogP contribution in [0.4, 0.5) is 13.2 Å². The molecule has 2 aromatic carbocycles. The van der Waals surface area contributed by atoms with Gasteiger partial charge in [-0.3, -0.25) is 0 Å². The number of hydrogen-bond donors (Lipinski definition) is 3. The van der Waals surface area contributed by atoms with E-state index in [1.165, 1.54) is 36.4 Å². The van der Waals surface area contributed by atoms with E-state index in [4.69, 9.17) is 11.6 Å². The number of aliphatic imine (C=N–C) groups is 1. The highest BCUT2D eigenvalue weighted by Crippen LogP contribution is 2.19. The Morgan fingerprint density at radius 2 is 1.86 bits per heavy atom. The van der Waals surface area contributed by atoms with Gasteiger partial charge in [-0.2, -0.15) is 8.78 Å². The van der Waals surface area contributed by atoms with Gasteiger partial charge >= 0.3 is 6.61 Å². The zero-order chi connectivity index (χ0) is 20.5. The Morgan fingerprint density at radius 1 is 1.17 bits per heavy atom. The number of guanidine groups is 1. The fraction of sp³-hybridized carbons (Fsp3) is 0.316. The molecule has 0 aromatic heterocycles. The van der Waals surface area contributed by atoms with Crippen LogP contribution in [0.1, 0.15) is 24.2 Å². The van der Waals surface area contributed by atoms with Crippen LogP contribution in [-0.4, -0.2) is 30.8 Å². The second-order valence-corrected chi connectivity index (χ2v) is 6.20. The highest BCUT2D eigenvalue weighted by atomic mass is 127. The van der Waals surface area contributed by atoms with Crippen LogP contribution in [0.2, 0.25) is 5.02 Å². The summed E-state index contributed by atoms with van der Waals surface area (Å²) in [6, 6.07) is 10.1. The Labute approximate surface area is 189 Å². The predicted molar refractivity (Wildman–Crippen MR) is 118 cm³/mol. The minimum absolute atomic E-state index is 0. The van der Waals surface area contributed by atoms with Gasteiger partial charge < -0.3 is 20.5 Å². The Kier molecular flexibility index (Phi) is 11.1. The molecule has 1 atom stereocenters. The first-order valence-electron chi connectivity index (χ1n) is 8.58. The van der Waals surface area contributed by atoms with Crippen molar-refractivity contribution in [3.8, 4) is 5.75 Å². The molecule has 0 spiro atoms. The molecule has 0 aliphatic carbocycles. The van der Waals surface area contributed by atoms with E-state index in [-0.39, 0.29) is 47.8 Å². The summed E-state index contributed by atoms with van der Waals surface area (Å²) < 4.78 is 41.8. The Balaban J connectivity index is 0.00000420. The van der Waals surface area contributed by atoms with Crippen LogP contribution in [0.3, 0.4) is 0 Å². The molecule has 2 aromatic rings. The maximum Gasteiger partial charge on any atom is 0.387 e. The van der Waals surface area contributed by atoms with Crippen molar-refractivity contribution in [2.75, 3.05) is 13.1 Å². The van der Waals surface area contributed by atoms with E-state index in [0.29, 0.717) is 18.1 Å². The van der Waals surface area contributed by atoms with Crippen LogP contribution in [-0.2, 0) is 6.54 Å². The third-order valence-corrected chi connectivity index (χ3v) is 3.99. The number of aliphatic hydroxyl groups is 1. The van der Waals surface area contributed by atoms with Crippen LogP contribution in [0.25, 0.3) is 0 Å². The number of alkyl halides is 2. The van der Waals surface area contributed by atoms with E-state index in [1.54, 1.807) is 6.07 Å². The number of ether oxygens (including phenoxy) is 1. The van der Waals surface area contributed by atoms with Crippen LogP contribution in [0.15, 0.2) is 47.5 Å². The van der Waals surface area contributed by atoms with E-state index in [0.717, 1.165) is 5.56 Å². The third-order valence-electron chi connectivity index (χ3n) is 3.70. The fourth-order valence-corrected chi connectivity index (χ4v) is 2.54. The van der Waals surface area contributed by atoms with Crippen molar-refractivity contribution in [2.45, 2.75) is 26.2 Å². The van der Waals surface area contributed by atoms with Crippen molar-refractivity contribution in [1.29, 1.82) is 0 Å². The van der Waals surface area contributed by atoms with Crippen molar-refractivity contribution in [3.63, 3.8) is 0 Å². The number of rotatable bonds is 8. The van der Waals surface area contributed by atoms with Gasteiger partial charge in [-0.15, -0.1) is 24.0 Å². The number of hydrogen-bond acceptors (Lipinski definition) is 3. The second kappa shape index (κ2) is 12.8. The average molecular weight is 544 g/mol. The van der Waals surface area contributed by atoms with Gasteiger partial charge in [-0.25, -0.2) is 9.38 Å². The smallest absolute Gasteiger partial charge is 0.387 e. The van der Waals surface area contributed by atoms with Crippen molar-refractivity contribution < 1.29 is 23.0 Å². The molecule has 0 saturated heterocycles. The summed E-state index contributed by atoms with van der Waals surface area (Å²) in [5.74, 6) is -0.0149. The maximum atomic E-state index is 13.2.